The number of ether oxygens (including phenoxy) is 1. The Balaban J connectivity index is 1.94. The first-order valence-electron chi connectivity index (χ1n) is 8.51. The molecule has 24 heavy (non-hydrogen) atoms. The predicted molar refractivity (Wildman–Crippen MR) is 91.8 cm³/mol. The van der Waals surface area contributed by atoms with E-state index in [1.165, 1.54) is 0 Å². The molecule has 1 saturated carbocycles. The lowest BCUT2D eigenvalue weighted by atomic mass is 9.63. The summed E-state index contributed by atoms with van der Waals surface area (Å²) in [6.45, 7) is 4.54. The van der Waals surface area contributed by atoms with Crippen molar-refractivity contribution >= 4 is 11.9 Å². The molecule has 132 valence electrons. The van der Waals surface area contributed by atoms with Crippen LogP contribution in [0.15, 0.2) is 24.3 Å². The van der Waals surface area contributed by atoms with E-state index in [2.05, 4.69) is 13.8 Å². The van der Waals surface area contributed by atoms with E-state index in [1.807, 2.05) is 24.1 Å². The Labute approximate surface area is 143 Å². The highest BCUT2D eigenvalue weighted by Gasteiger charge is 2.45. The summed E-state index contributed by atoms with van der Waals surface area (Å²) in [5.74, 6) is 0.285. The molecule has 0 aromatic heterocycles. The topological polar surface area (TPSA) is 66.8 Å². The molecule has 1 aliphatic carbocycles. The third-order valence-electron chi connectivity index (χ3n) is 4.62. The largest absolute Gasteiger partial charge is 0.482 e. The number of amides is 1. The second kappa shape index (κ2) is 7.69. The summed E-state index contributed by atoms with van der Waals surface area (Å²) in [7, 11) is 1.86. The summed E-state index contributed by atoms with van der Waals surface area (Å²) in [5.41, 5.74) is 0.848. The van der Waals surface area contributed by atoms with Gasteiger partial charge in [0.05, 0.1) is 0 Å². The van der Waals surface area contributed by atoms with Gasteiger partial charge in [-0.1, -0.05) is 32.4 Å². The molecule has 0 bridgehead atoms. The van der Waals surface area contributed by atoms with E-state index in [0.717, 1.165) is 31.2 Å². The van der Waals surface area contributed by atoms with Gasteiger partial charge in [0, 0.05) is 19.0 Å². The summed E-state index contributed by atoms with van der Waals surface area (Å²) in [6, 6.07) is 7.22. The Morgan fingerprint density at radius 2 is 1.88 bits per heavy atom. The molecule has 0 atom stereocenters. The van der Waals surface area contributed by atoms with Crippen molar-refractivity contribution in [1.29, 1.82) is 0 Å². The van der Waals surface area contributed by atoms with Gasteiger partial charge in [-0.3, -0.25) is 4.79 Å². The van der Waals surface area contributed by atoms with Gasteiger partial charge in [0.25, 0.3) is 0 Å². The van der Waals surface area contributed by atoms with Gasteiger partial charge in [0.15, 0.2) is 6.61 Å². The van der Waals surface area contributed by atoms with E-state index in [9.17, 15) is 9.59 Å². The van der Waals surface area contributed by atoms with Gasteiger partial charge >= 0.3 is 5.97 Å². The monoisotopic (exact) mass is 333 g/mol. The molecule has 2 rings (SSSR count). The zero-order valence-electron chi connectivity index (χ0n) is 14.7. The number of hydrogen-bond acceptors (Lipinski definition) is 3. The third-order valence-corrected chi connectivity index (χ3v) is 4.62. The van der Waals surface area contributed by atoms with Gasteiger partial charge < -0.3 is 14.7 Å². The standard InChI is InChI=1S/C19H27NO4/c1-14(2)11-19(9-4-10-19)18(23)20(3)12-15-5-7-16(8-6-15)24-13-17(21)22/h5-8,14H,4,9-13H2,1-3H3,(H,21,22). The number of rotatable bonds is 8. The number of aliphatic carboxylic acids is 1. The van der Waals surface area contributed by atoms with Crippen LogP contribution in [0.2, 0.25) is 0 Å². The van der Waals surface area contributed by atoms with Crippen LogP contribution in [0.25, 0.3) is 0 Å². The number of nitrogens with zero attached hydrogens (tertiary/aromatic N) is 1. The van der Waals surface area contributed by atoms with E-state index in [-0.39, 0.29) is 17.9 Å². The van der Waals surface area contributed by atoms with Crippen molar-refractivity contribution < 1.29 is 19.4 Å². The van der Waals surface area contributed by atoms with Gasteiger partial charge in [0.1, 0.15) is 5.75 Å². The Hall–Kier alpha value is -2.04. The number of benzene rings is 1. The van der Waals surface area contributed by atoms with Crippen LogP contribution in [0.5, 0.6) is 5.75 Å². The average molecular weight is 333 g/mol. The molecule has 1 aliphatic rings. The summed E-state index contributed by atoms with van der Waals surface area (Å²) < 4.78 is 5.12. The molecule has 0 saturated heterocycles. The van der Waals surface area contributed by atoms with Crippen LogP contribution in [0.3, 0.4) is 0 Å². The third kappa shape index (κ3) is 4.49. The minimum absolute atomic E-state index is 0.159. The quantitative estimate of drug-likeness (QED) is 0.792. The maximum absolute atomic E-state index is 12.9. The van der Waals surface area contributed by atoms with Crippen LogP contribution < -0.4 is 4.74 Å². The molecule has 1 aromatic rings. The molecular formula is C19H27NO4. The van der Waals surface area contributed by atoms with Crippen molar-refractivity contribution in [3.05, 3.63) is 29.8 Å². The second-order valence-electron chi connectivity index (χ2n) is 7.22. The molecule has 0 radical (unpaired) electrons. The fraction of sp³-hybridized carbons (Fsp3) is 0.579. The lowest BCUT2D eigenvalue weighted by Gasteiger charge is -2.44. The lowest BCUT2D eigenvalue weighted by molar-refractivity contribution is -0.148. The van der Waals surface area contributed by atoms with Crippen molar-refractivity contribution in [2.45, 2.75) is 46.1 Å². The molecule has 0 spiro atoms. The van der Waals surface area contributed by atoms with Gasteiger partial charge in [-0.25, -0.2) is 4.79 Å². The molecule has 0 unspecified atom stereocenters. The van der Waals surface area contributed by atoms with E-state index in [4.69, 9.17) is 9.84 Å². The summed E-state index contributed by atoms with van der Waals surface area (Å²) >= 11 is 0. The smallest absolute Gasteiger partial charge is 0.341 e. The first kappa shape index (κ1) is 18.3. The second-order valence-corrected chi connectivity index (χ2v) is 7.22. The molecule has 1 aromatic carbocycles. The Morgan fingerprint density at radius 1 is 1.25 bits per heavy atom. The van der Waals surface area contributed by atoms with E-state index < -0.39 is 5.97 Å². The first-order valence-corrected chi connectivity index (χ1v) is 8.51. The summed E-state index contributed by atoms with van der Waals surface area (Å²) in [4.78, 5) is 25.2. The van der Waals surface area contributed by atoms with Gasteiger partial charge in [0.2, 0.25) is 5.91 Å². The molecule has 5 nitrogen and oxygen atoms in total. The molecule has 1 N–H and O–H groups in total. The number of carbonyl (C=O) groups excluding carboxylic acids is 1. The summed E-state index contributed by atoms with van der Waals surface area (Å²) in [5, 5.41) is 8.61. The molecule has 0 aliphatic heterocycles. The molecule has 0 heterocycles. The molecule has 1 fully saturated rings. The minimum atomic E-state index is -1.000. The van der Waals surface area contributed by atoms with Crippen molar-refractivity contribution in [1.82, 2.24) is 4.90 Å². The maximum atomic E-state index is 12.9. The van der Waals surface area contributed by atoms with Crippen molar-refractivity contribution in [2.24, 2.45) is 11.3 Å². The van der Waals surface area contributed by atoms with E-state index in [1.54, 1.807) is 12.1 Å². The SMILES string of the molecule is CC(C)CC1(C(=O)N(C)Cc2ccc(OCC(=O)O)cc2)CCC1. The van der Waals surface area contributed by atoms with E-state index in [0.29, 0.717) is 18.2 Å². The Morgan fingerprint density at radius 3 is 2.33 bits per heavy atom. The molecular weight excluding hydrogens is 306 g/mol. The predicted octanol–water partition coefficient (Wildman–Crippen LogP) is 3.32. The Bertz CT molecular complexity index is 576. The van der Waals surface area contributed by atoms with Crippen molar-refractivity contribution in [3.63, 3.8) is 0 Å². The molecule has 5 heteroatoms. The molecule has 1 amide bonds. The zero-order valence-corrected chi connectivity index (χ0v) is 14.7. The highest BCUT2D eigenvalue weighted by atomic mass is 16.5. The van der Waals surface area contributed by atoms with E-state index >= 15 is 0 Å². The van der Waals surface area contributed by atoms with Crippen LogP contribution in [0.1, 0.15) is 45.1 Å². The Kier molecular flexibility index (Phi) is 5.86. The fourth-order valence-electron chi connectivity index (χ4n) is 3.48. The van der Waals surface area contributed by atoms with Crippen molar-refractivity contribution in [2.75, 3.05) is 13.7 Å². The van der Waals surface area contributed by atoms with Crippen molar-refractivity contribution in [3.8, 4) is 5.75 Å². The highest BCUT2D eigenvalue weighted by Crippen LogP contribution is 2.47. The number of carboxylic acids is 1. The van der Waals surface area contributed by atoms with Crippen LogP contribution in [0.4, 0.5) is 0 Å². The maximum Gasteiger partial charge on any atom is 0.341 e. The number of carboxylic acid groups (broad SMARTS) is 1. The summed E-state index contributed by atoms with van der Waals surface area (Å²) in [6.07, 6.45) is 4.09. The van der Waals surface area contributed by atoms with Crippen LogP contribution >= 0.6 is 0 Å². The lowest BCUT2D eigenvalue weighted by Crippen LogP contribution is -2.46. The first-order chi connectivity index (χ1) is 11.3. The van der Waals surface area contributed by atoms with Gasteiger partial charge in [-0.2, -0.15) is 0 Å². The van der Waals surface area contributed by atoms with Gasteiger partial charge in [-0.05, 0) is 42.9 Å². The number of hydrogen-bond donors (Lipinski definition) is 1. The van der Waals surface area contributed by atoms with Crippen LogP contribution in [0, 0.1) is 11.3 Å². The normalized spacial score (nSPS) is 15.7. The highest BCUT2D eigenvalue weighted by molar-refractivity contribution is 5.83. The van der Waals surface area contributed by atoms with Crippen LogP contribution in [-0.2, 0) is 16.1 Å². The van der Waals surface area contributed by atoms with Gasteiger partial charge in [-0.15, -0.1) is 0 Å². The fourth-order valence-corrected chi connectivity index (χ4v) is 3.48. The average Bonchev–Trinajstić information content (AvgIpc) is 2.49. The van der Waals surface area contributed by atoms with Crippen LogP contribution in [-0.4, -0.2) is 35.5 Å². The zero-order chi connectivity index (χ0) is 17.7. The number of carbonyl (C=O) groups is 2. The minimum Gasteiger partial charge on any atom is -0.482 e.